The van der Waals surface area contributed by atoms with Crippen molar-refractivity contribution in [3.8, 4) is 11.5 Å². The monoisotopic (exact) mass is 394 g/mol. The van der Waals surface area contributed by atoms with Crippen molar-refractivity contribution in [2.75, 3.05) is 6.54 Å². The summed E-state index contributed by atoms with van der Waals surface area (Å²) in [5.41, 5.74) is 1.29. The van der Waals surface area contributed by atoms with Gasteiger partial charge < -0.3 is 4.42 Å². The molecule has 0 amide bonds. The molecule has 2 aromatic carbocycles. The molecule has 0 aliphatic carbocycles. The number of hydrogen-bond donors (Lipinski definition) is 1. The minimum Gasteiger partial charge on any atom is -0.441 e. The molecule has 3 aromatic rings. The van der Waals surface area contributed by atoms with E-state index in [4.69, 9.17) is 16.0 Å². The second-order valence-corrected chi connectivity index (χ2v) is 7.84. The van der Waals surface area contributed by atoms with Crippen LogP contribution in [-0.2, 0) is 16.4 Å². The van der Waals surface area contributed by atoms with Gasteiger partial charge >= 0.3 is 0 Å². The maximum Gasteiger partial charge on any atom is 0.240 e. The molecule has 0 saturated carbocycles. The molecule has 136 valence electrons. The van der Waals surface area contributed by atoms with Gasteiger partial charge in [0.15, 0.2) is 0 Å². The number of rotatable bonds is 6. The van der Waals surface area contributed by atoms with Gasteiger partial charge in [-0.3, -0.25) is 0 Å². The molecular weight excluding hydrogens is 379 g/mol. The highest BCUT2D eigenvalue weighted by atomic mass is 35.5. The lowest BCUT2D eigenvalue weighted by molar-refractivity contribution is 0.538. The Kier molecular flexibility index (Phi) is 5.41. The van der Waals surface area contributed by atoms with Crippen LogP contribution in [0.1, 0.15) is 11.5 Å². The zero-order chi connectivity index (χ0) is 18.7. The van der Waals surface area contributed by atoms with E-state index in [9.17, 15) is 12.8 Å². The summed E-state index contributed by atoms with van der Waals surface area (Å²) in [6, 6.07) is 11.9. The topological polar surface area (TPSA) is 72.2 Å². The summed E-state index contributed by atoms with van der Waals surface area (Å²) in [4.78, 5) is 4.48. The van der Waals surface area contributed by atoms with Crippen LogP contribution in [-0.4, -0.2) is 19.9 Å². The number of aryl methyl sites for hydroxylation is 1. The van der Waals surface area contributed by atoms with Crippen LogP contribution in [0.15, 0.2) is 57.8 Å². The lowest BCUT2D eigenvalue weighted by Gasteiger charge is -2.06. The SMILES string of the molecule is Cc1oc(-c2ccc(F)cc2)nc1CCNS(=O)(=O)c1cccc(Cl)c1. The molecule has 0 saturated heterocycles. The fourth-order valence-electron chi connectivity index (χ4n) is 2.40. The summed E-state index contributed by atoms with van der Waals surface area (Å²) >= 11 is 5.83. The quantitative estimate of drug-likeness (QED) is 0.686. The molecule has 3 rings (SSSR count). The Morgan fingerprint density at radius 2 is 1.92 bits per heavy atom. The van der Waals surface area contributed by atoms with E-state index in [1.165, 1.54) is 24.3 Å². The van der Waals surface area contributed by atoms with Gasteiger partial charge in [-0.1, -0.05) is 17.7 Å². The minimum atomic E-state index is -3.65. The Morgan fingerprint density at radius 1 is 1.19 bits per heavy atom. The summed E-state index contributed by atoms with van der Waals surface area (Å²) in [5.74, 6) is 0.620. The number of sulfonamides is 1. The second kappa shape index (κ2) is 7.57. The average molecular weight is 395 g/mol. The highest BCUT2D eigenvalue weighted by molar-refractivity contribution is 7.89. The van der Waals surface area contributed by atoms with E-state index < -0.39 is 10.0 Å². The van der Waals surface area contributed by atoms with Crippen molar-refractivity contribution in [3.05, 3.63) is 70.8 Å². The van der Waals surface area contributed by atoms with Crippen molar-refractivity contribution < 1.29 is 17.2 Å². The smallest absolute Gasteiger partial charge is 0.240 e. The van der Waals surface area contributed by atoms with Crippen LogP contribution in [0.5, 0.6) is 0 Å². The Labute approximate surface area is 155 Å². The molecule has 0 unspecified atom stereocenters. The van der Waals surface area contributed by atoms with Crippen LogP contribution in [0, 0.1) is 12.7 Å². The standard InChI is InChI=1S/C18H16ClFN2O3S/c1-12-17(22-18(25-12)13-5-7-15(20)8-6-13)9-10-21-26(23,24)16-4-2-3-14(19)11-16/h2-8,11,21H,9-10H2,1H3. The van der Waals surface area contributed by atoms with E-state index in [2.05, 4.69) is 9.71 Å². The number of benzene rings is 2. The molecule has 1 aromatic heterocycles. The Bertz CT molecular complexity index is 1020. The molecule has 1 heterocycles. The molecule has 0 bridgehead atoms. The Balaban J connectivity index is 1.68. The van der Waals surface area contributed by atoms with Crippen LogP contribution < -0.4 is 4.72 Å². The second-order valence-electron chi connectivity index (χ2n) is 5.63. The molecule has 0 radical (unpaired) electrons. The zero-order valence-electron chi connectivity index (χ0n) is 13.9. The first-order chi connectivity index (χ1) is 12.3. The molecule has 0 spiro atoms. The number of hydrogen-bond acceptors (Lipinski definition) is 4. The van der Waals surface area contributed by atoms with Crippen molar-refractivity contribution in [1.82, 2.24) is 9.71 Å². The van der Waals surface area contributed by atoms with Crippen molar-refractivity contribution in [1.29, 1.82) is 0 Å². The Morgan fingerprint density at radius 3 is 2.62 bits per heavy atom. The summed E-state index contributed by atoms with van der Waals surface area (Å²) < 4.78 is 45.7. The average Bonchev–Trinajstić information content (AvgIpc) is 2.96. The highest BCUT2D eigenvalue weighted by Crippen LogP contribution is 2.22. The normalized spacial score (nSPS) is 11.7. The first-order valence-corrected chi connectivity index (χ1v) is 9.69. The summed E-state index contributed by atoms with van der Waals surface area (Å²) in [6.07, 6.45) is 0.357. The third-order valence-corrected chi connectivity index (χ3v) is 5.44. The van der Waals surface area contributed by atoms with Gasteiger partial charge in [-0.25, -0.2) is 22.5 Å². The van der Waals surface area contributed by atoms with Crippen molar-refractivity contribution >= 4 is 21.6 Å². The molecule has 1 N–H and O–H groups in total. The third-order valence-electron chi connectivity index (χ3n) is 3.74. The Hall–Kier alpha value is -2.22. The molecule has 8 heteroatoms. The molecular formula is C18H16ClFN2O3S. The number of oxazole rings is 1. The van der Waals surface area contributed by atoms with Crippen molar-refractivity contribution in [2.45, 2.75) is 18.2 Å². The summed E-state index contributed by atoms with van der Waals surface area (Å²) in [6.45, 7) is 1.91. The first kappa shape index (κ1) is 18.6. The highest BCUT2D eigenvalue weighted by Gasteiger charge is 2.16. The maximum atomic E-state index is 13.0. The molecule has 0 aliphatic heterocycles. The van der Waals surface area contributed by atoms with Gasteiger partial charge in [0.25, 0.3) is 0 Å². The van der Waals surface area contributed by atoms with Gasteiger partial charge in [0.2, 0.25) is 15.9 Å². The van der Waals surface area contributed by atoms with Gasteiger partial charge in [-0.05, 0) is 49.4 Å². The number of aromatic nitrogens is 1. The van der Waals surface area contributed by atoms with Gasteiger partial charge in [-0.2, -0.15) is 0 Å². The van der Waals surface area contributed by atoms with Gasteiger partial charge in [0.05, 0.1) is 10.6 Å². The molecule has 0 atom stereocenters. The van der Waals surface area contributed by atoms with Crippen LogP contribution in [0.25, 0.3) is 11.5 Å². The predicted molar refractivity (Wildman–Crippen MR) is 97.0 cm³/mol. The van der Waals surface area contributed by atoms with E-state index in [0.717, 1.165) is 0 Å². The van der Waals surface area contributed by atoms with Gasteiger partial charge in [0.1, 0.15) is 11.6 Å². The van der Waals surface area contributed by atoms with E-state index >= 15 is 0 Å². The largest absolute Gasteiger partial charge is 0.441 e. The van der Waals surface area contributed by atoms with Gasteiger partial charge in [0, 0.05) is 23.6 Å². The van der Waals surface area contributed by atoms with E-state index in [1.54, 1.807) is 31.2 Å². The molecule has 5 nitrogen and oxygen atoms in total. The minimum absolute atomic E-state index is 0.105. The molecule has 26 heavy (non-hydrogen) atoms. The lowest BCUT2D eigenvalue weighted by atomic mass is 10.2. The maximum absolute atomic E-state index is 13.0. The summed E-state index contributed by atoms with van der Waals surface area (Å²) in [5, 5.41) is 0.351. The molecule has 0 fully saturated rings. The van der Waals surface area contributed by atoms with Crippen molar-refractivity contribution in [3.63, 3.8) is 0 Å². The predicted octanol–water partition coefficient (Wildman–Crippen LogP) is 3.96. The number of nitrogens with one attached hydrogen (secondary N) is 1. The van der Waals surface area contributed by atoms with Crippen LogP contribution in [0.4, 0.5) is 4.39 Å². The fourth-order valence-corrected chi connectivity index (χ4v) is 3.73. The fraction of sp³-hybridized carbons (Fsp3) is 0.167. The third kappa shape index (κ3) is 4.30. The molecule has 0 aliphatic rings. The lowest BCUT2D eigenvalue weighted by Crippen LogP contribution is -2.26. The van der Waals surface area contributed by atoms with Crippen LogP contribution >= 0.6 is 11.6 Å². The van der Waals surface area contributed by atoms with Gasteiger partial charge in [-0.15, -0.1) is 0 Å². The number of halogens is 2. The van der Waals surface area contributed by atoms with Crippen molar-refractivity contribution in [2.24, 2.45) is 0 Å². The first-order valence-electron chi connectivity index (χ1n) is 7.82. The summed E-state index contributed by atoms with van der Waals surface area (Å²) in [7, 11) is -3.65. The van der Waals surface area contributed by atoms with E-state index in [0.29, 0.717) is 34.4 Å². The van der Waals surface area contributed by atoms with Crippen LogP contribution in [0.3, 0.4) is 0 Å². The number of nitrogens with zero attached hydrogens (tertiary/aromatic N) is 1. The van der Waals surface area contributed by atoms with Crippen LogP contribution in [0.2, 0.25) is 5.02 Å². The zero-order valence-corrected chi connectivity index (χ0v) is 15.4. The van der Waals surface area contributed by atoms with E-state index in [-0.39, 0.29) is 17.3 Å². The van der Waals surface area contributed by atoms with E-state index in [1.807, 2.05) is 0 Å².